The zero-order chi connectivity index (χ0) is 12.6. The van der Waals surface area contributed by atoms with Gasteiger partial charge in [0, 0.05) is 16.9 Å². The van der Waals surface area contributed by atoms with Crippen LogP contribution < -0.4 is 0 Å². The Morgan fingerprint density at radius 2 is 2.50 bits per heavy atom. The first-order valence-corrected chi connectivity index (χ1v) is 6.65. The molecule has 0 radical (unpaired) electrons. The molecule has 0 aromatic heterocycles. The predicted molar refractivity (Wildman–Crippen MR) is 61.7 cm³/mol. The van der Waals surface area contributed by atoms with Crippen molar-refractivity contribution >= 4 is 33.8 Å². The topological polar surface area (TPSA) is 54.4 Å². The lowest BCUT2D eigenvalue weighted by atomic mass is 10.1. The van der Waals surface area contributed by atoms with Crippen LogP contribution >= 0.6 is 21.6 Å². The van der Waals surface area contributed by atoms with E-state index >= 15 is 0 Å². The zero-order valence-electron chi connectivity index (χ0n) is 10.4. The number of carboxylic acids is 1. The number of aldehydes is 1. The van der Waals surface area contributed by atoms with Crippen molar-refractivity contribution in [2.24, 2.45) is 0 Å². The van der Waals surface area contributed by atoms with Crippen LogP contribution in [0, 0.1) is 0 Å². The van der Waals surface area contributed by atoms with Gasteiger partial charge in [-0.05, 0) is 20.3 Å². The third kappa shape index (κ3) is 8.44. The summed E-state index contributed by atoms with van der Waals surface area (Å²) in [7, 11) is 3.10. The van der Waals surface area contributed by atoms with Crippen molar-refractivity contribution in [3.05, 3.63) is 0 Å². The third-order valence-corrected chi connectivity index (χ3v) is 4.85. The summed E-state index contributed by atoms with van der Waals surface area (Å²) in [6.07, 6.45) is 0.580. The molecule has 0 fully saturated rings. The second-order valence-corrected chi connectivity index (χ2v) is 6.55. The number of hydrogen-bond acceptors (Lipinski definition) is 5. The minimum absolute atomic E-state index is 0.0910. The number of carbonyl (C=O) groups excluding carboxylic acids is 1. The Morgan fingerprint density at radius 3 is 3.07 bits per heavy atom. The summed E-state index contributed by atoms with van der Waals surface area (Å²) in [5.41, 5.74) is 0. The van der Waals surface area contributed by atoms with Crippen molar-refractivity contribution in [2.75, 3.05) is 5.75 Å². The summed E-state index contributed by atoms with van der Waals surface area (Å²) < 4.78 is 13.1. The van der Waals surface area contributed by atoms with Gasteiger partial charge >= 0.3 is 5.97 Å². The number of carbonyl (C=O) groups is 2. The molecular weight excluding hydrogens is 220 g/mol. The fourth-order valence-electron chi connectivity index (χ4n) is 0.720. The lowest BCUT2D eigenvalue weighted by Crippen LogP contribution is -2.13. The van der Waals surface area contributed by atoms with E-state index in [1.807, 2.05) is 13.8 Å². The van der Waals surface area contributed by atoms with Gasteiger partial charge in [-0.15, -0.1) is 0 Å². The van der Waals surface area contributed by atoms with Crippen molar-refractivity contribution in [1.82, 2.24) is 0 Å². The van der Waals surface area contributed by atoms with Crippen LogP contribution in [0.2, 0.25) is 0 Å². The molecular formula is C9H16O3S2. The molecule has 3 nitrogen and oxygen atoms in total. The van der Waals surface area contributed by atoms with Crippen LogP contribution in [0.4, 0.5) is 0 Å². The van der Waals surface area contributed by atoms with E-state index in [4.69, 9.17) is 2.80 Å². The molecule has 14 heavy (non-hydrogen) atoms. The van der Waals surface area contributed by atoms with E-state index in [1.165, 1.54) is 10.8 Å². The normalized spacial score (nSPS) is 13.0. The fraction of sp³-hybridized carbons (Fsp3) is 0.778. The fourth-order valence-corrected chi connectivity index (χ4v) is 3.26. The van der Waals surface area contributed by atoms with E-state index in [2.05, 4.69) is 5.11 Å². The van der Waals surface area contributed by atoms with Crippen LogP contribution in [0.3, 0.4) is 0 Å². The van der Waals surface area contributed by atoms with Gasteiger partial charge in [-0.25, -0.2) is 0 Å². The third-order valence-electron chi connectivity index (χ3n) is 1.50. The van der Waals surface area contributed by atoms with Gasteiger partial charge in [0.2, 0.25) is 0 Å². The van der Waals surface area contributed by atoms with Crippen LogP contribution in [0.15, 0.2) is 0 Å². The van der Waals surface area contributed by atoms with Crippen molar-refractivity contribution in [3.63, 3.8) is 0 Å². The summed E-state index contributed by atoms with van der Waals surface area (Å²) in [4.78, 5) is 21.2. The quantitative estimate of drug-likeness (QED) is 0.401. The molecule has 5 heteroatoms. The predicted octanol–water partition coefficient (Wildman–Crippen LogP) is 2.60. The van der Waals surface area contributed by atoms with Crippen molar-refractivity contribution in [2.45, 2.75) is 37.9 Å². The van der Waals surface area contributed by atoms with Crippen LogP contribution in [0.1, 0.15) is 34.5 Å². The van der Waals surface area contributed by atoms with Gasteiger partial charge in [0.25, 0.3) is 1.43 Å². The largest absolute Gasteiger partial charge is 0.481 e. The molecule has 0 spiro atoms. The van der Waals surface area contributed by atoms with Crippen LogP contribution in [0.25, 0.3) is 1.43 Å². The maximum atomic E-state index is 10.6. The van der Waals surface area contributed by atoms with Gasteiger partial charge < -0.3 is 9.90 Å². The zero-order valence-corrected chi connectivity index (χ0v) is 10.0. The number of hydrogen-bond donors (Lipinski definition) is 1. The second kappa shape index (κ2) is 7.17. The van der Waals surface area contributed by atoms with E-state index in [0.717, 1.165) is 0 Å². The standard InChI is InChI=1S/C9H16O3S2/c1-9(2,5-3-6-10)14-13-7-4-8(11)12/h6H,3-5,7H2,1-2H3,(H,11,12)/i6T/hD. The van der Waals surface area contributed by atoms with Gasteiger partial charge in [0.1, 0.15) is 7.63 Å². The SMILES string of the molecule is [2H]OC(=O)CCSSC(C)(C)CCC([3H])=O. The van der Waals surface area contributed by atoms with Gasteiger partial charge in [-0.3, -0.25) is 4.79 Å². The minimum atomic E-state index is -0.545. The molecule has 0 aliphatic carbocycles. The Bertz CT molecular complexity index is 247. The van der Waals surface area contributed by atoms with Crippen LogP contribution in [-0.4, -0.2) is 27.8 Å². The highest BCUT2D eigenvalue weighted by molar-refractivity contribution is 8.77. The average molecular weight is 239 g/mol. The molecule has 1 N–H and O–H groups in total. The molecule has 0 unspecified atom stereocenters. The van der Waals surface area contributed by atoms with Crippen LogP contribution in [0.5, 0.6) is 0 Å². The Morgan fingerprint density at radius 1 is 1.79 bits per heavy atom. The first-order chi connectivity index (χ1) is 7.37. The van der Waals surface area contributed by atoms with Gasteiger partial charge in [0.05, 0.1) is 6.42 Å². The summed E-state index contributed by atoms with van der Waals surface area (Å²) in [6.45, 7) is 3.99. The highest BCUT2D eigenvalue weighted by Gasteiger charge is 2.18. The van der Waals surface area contributed by atoms with Crippen molar-refractivity contribution < 1.29 is 16.1 Å². The molecule has 82 valence electrons. The average Bonchev–Trinajstić information content (AvgIpc) is 2.21. The van der Waals surface area contributed by atoms with Gasteiger partial charge in [-0.2, -0.15) is 0 Å². The molecule has 0 aromatic rings. The number of rotatable bonds is 8. The lowest BCUT2D eigenvalue weighted by molar-refractivity contribution is -0.136. The van der Waals surface area contributed by atoms with Crippen LogP contribution in [-0.2, 0) is 9.59 Å². The maximum absolute atomic E-state index is 10.6. The smallest absolute Gasteiger partial charge is 0.304 e. The van der Waals surface area contributed by atoms with E-state index < -0.39 is 12.2 Å². The summed E-state index contributed by atoms with van der Waals surface area (Å²) >= 11 is 0. The van der Waals surface area contributed by atoms with E-state index in [9.17, 15) is 9.59 Å². The molecule has 0 atom stereocenters. The van der Waals surface area contributed by atoms with E-state index in [-0.39, 0.29) is 17.6 Å². The molecule has 0 rings (SSSR count). The second-order valence-electron chi connectivity index (χ2n) is 3.43. The number of carboxylic acid groups (broad SMARTS) is 1. The maximum Gasteiger partial charge on any atom is 0.304 e. The highest BCUT2D eigenvalue weighted by Crippen LogP contribution is 2.38. The van der Waals surface area contributed by atoms with Crippen molar-refractivity contribution in [1.29, 1.82) is 1.43 Å². The summed E-state index contributed by atoms with van der Waals surface area (Å²) in [5, 5.41) is 3.78. The lowest BCUT2D eigenvalue weighted by Gasteiger charge is -2.21. The number of aliphatic carboxylic acids is 1. The highest BCUT2D eigenvalue weighted by atomic mass is 33.1. The first kappa shape index (κ1) is 10.4. The summed E-state index contributed by atoms with van der Waals surface area (Å²) in [5.74, 6) is 0.0490. The van der Waals surface area contributed by atoms with E-state index in [0.29, 0.717) is 12.2 Å². The molecule has 0 bridgehead atoms. The van der Waals surface area contributed by atoms with E-state index in [1.54, 1.807) is 10.8 Å². The molecule has 0 saturated carbocycles. The monoisotopic (exact) mass is 239 g/mol. The summed E-state index contributed by atoms with van der Waals surface area (Å²) in [6, 6.07) is 0. The van der Waals surface area contributed by atoms with Crippen molar-refractivity contribution in [3.8, 4) is 0 Å². The minimum Gasteiger partial charge on any atom is -0.481 e. The molecule has 0 aromatic carbocycles. The first-order valence-electron chi connectivity index (χ1n) is 5.24. The van der Waals surface area contributed by atoms with Gasteiger partial charge in [-0.1, -0.05) is 21.6 Å². The molecule has 0 heterocycles. The Balaban J connectivity index is 3.65. The molecule has 0 aliphatic heterocycles. The molecule has 0 saturated heterocycles. The Kier molecular flexibility index (Phi) is 5.31. The molecule has 0 amide bonds. The van der Waals surface area contributed by atoms with Gasteiger partial charge in [0.15, 0.2) is 0 Å². The Hall–Kier alpha value is -0.160. The Labute approximate surface area is 95.3 Å². The molecule has 0 aliphatic rings.